The minimum absolute atomic E-state index is 0.0824. The summed E-state index contributed by atoms with van der Waals surface area (Å²) in [5.74, 6) is 0.175. The van der Waals surface area contributed by atoms with Crippen LogP contribution in [-0.2, 0) is 13.0 Å². The van der Waals surface area contributed by atoms with E-state index in [0.717, 1.165) is 23.4 Å². The highest BCUT2D eigenvalue weighted by Crippen LogP contribution is 2.15. The second kappa shape index (κ2) is 5.47. The second-order valence-corrected chi connectivity index (χ2v) is 3.96. The van der Waals surface area contributed by atoms with E-state index >= 15 is 0 Å². The van der Waals surface area contributed by atoms with Gasteiger partial charge < -0.3 is 14.9 Å². The number of aromatic carboxylic acids is 1. The largest absolute Gasteiger partial charge is 0.476 e. The van der Waals surface area contributed by atoms with Gasteiger partial charge in [0.25, 0.3) is 0 Å². The third-order valence-corrected chi connectivity index (χ3v) is 2.72. The Kier molecular flexibility index (Phi) is 3.74. The first-order chi connectivity index (χ1) is 9.11. The van der Waals surface area contributed by atoms with Crippen LogP contribution in [0, 0.1) is 6.92 Å². The molecule has 0 unspecified atom stereocenters. The lowest BCUT2D eigenvalue weighted by molar-refractivity contribution is 0.0690. The summed E-state index contributed by atoms with van der Waals surface area (Å²) in [6.45, 7) is 4.37. The fraction of sp³-hybridized carbons (Fsp3) is 0.333. The zero-order chi connectivity index (χ0) is 13.8. The Labute approximate surface area is 109 Å². The number of anilines is 1. The molecule has 0 radical (unpaired) electrons. The molecule has 0 atom stereocenters. The molecule has 0 aliphatic rings. The summed E-state index contributed by atoms with van der Waals surface area (Å²) in [4.78, 5) is 18.4. The van der Waals surface area contributed by atoms with Crippen LogP contribution in [0.5, 0.6) is 0 Å². The molecule has 2 heterocycles. The number of aromatic nitrogens is 3. The van der Waals surface area contributed by atoms with Crippen LogP contribution < -0.4 is 5.32 Å². The molecule has 19 heavy (non-hydrogen) atoms. The maximum Gasteiger partial charge on any atom is 0.356 e. The van der Waals surface area contributed by atoms with Crippen LogP contribution in [-0.4, -0.2) is 26.2 Å². The summed E-state index contributed by atoms with van der Waals surface area (Å²) in [7, 11) is 0. The van der Waals surface area contributed by atoms with Crippen molar-refractivity contribution in [1.29, 1.82) is 0 Å². The van der Waals surface area contributed by atoms with E-state index in [0.29, 0.717) is 12.4 Å². The van der Waals surface area contributed by atoms with Gasteiger partial charge in [-0.1, -0.05) is 12.1 Å². The van der Waals surface area contributed by atoms with Crippen molar-refractivity contribution in [2.24, 2.45) is 0 Å². The number of carboxylic acid groups (broad SMARTS) is 1. The molecule has 2 rings (SSSR count). The summed E-state index contributed by atoms with van der Waals surface area (Å²) in [6, 6.07) is 0. The van der Waals surface area contributed by atoms with Crippen molar-refractivity contribution in [3.8, 4) is 0 Å². The summed E-state index contributed by atoms with van der Waals surface area (Å²) in [5.41, 5.74) is 1.81. The molecule has 0 aromatic carbocycles. The average molecular weight is 262 g/mol. The molecule has 0 aliphatic heterocycles. The number of hydrogen-bond acceptors (Lipinski definition) is 6. The Balaban J connectivity index is 2.06. The first kappa shape index (κ1) is 13.0. The Bertz CT molecular complexity index is 577. The zero-order valence-corrected chi connectivity index (χ0v) is 10.7. The minimum atomic E-state index is -1.10. The molecule has 2 aromatic heterocycles. The number of hydrogen-bond donors (Lipinski definition) is 2. The lowest BCUT2D eigenvalue weighted by Gasteiger charge is -2.05. The molecule has 0 amide bonds. The van der Waals surface area contributed by atoms with Gasteiger partial charge in [0.1, 0.15) is 11.6 Å². The monoisotopic (exact) mass is 262 g/mol. The fourth-order valence-corrected chi connectivity index (χ4v) is 1.65. The molecular formula is C12H14N4O3. The molecule has 0 saturated heterocycles. The van der Waals surface area contributed by atoms with E-state index in [4.69, 9.17) is 9.63 Å². The standard InChI is InChI=1S/C12H14N4O3/c1-3-9-8(7(2)19-16-9)4-14-11-6-13-10(5-15-11)12(17)18/h5-6H,3-4H2,1-2H3,(H,14,15)(H,17,18). The van der Waals surface area contributed by atoms with Gasteiger partial charge in [0.05, 0.1) is 18.1 Å². The van der Waals surface area contributed by atoms with Gasteiger partial charge in [0.15, 0.2) is 5.69 Å². The van der Waals surface area contributed by atoms with Gasteiger partial charge in [-0.25, -0.2) is 14.8 Å². The highest BCUT2D eigenvalue weighted by atomic mass is 16.5. The number of nitrogens with zero attached hydrogens (tertiary/aromatic N) is 3. The number of carbonyl (C=O) groups is 1. The second-order valence-electron chi connectivity index (χ2n) is 3.96. The molecule has 0 aliphatic carbocycles. The lowest BCUT2D eigenvalue weighted by Crippen LogP contribution is -2.06. The molecule has 100 valence electrons. The quantitative estimate of drug-likeness (QED) is 0.844. The van der Waals surface area contributed by atoms with E-state index in [-0.39, 0.29) is 5.69 Å². The summed E-state index contributed by atoms with van der Waals surface area (Å²) in [5, 5.41) is 15.7. The van der Waals surface area contributed by atoms with E-state index in [2.05, 4.69) is 20.4 Å². The van der Waals surface area contributed by atoms with Gasteiger partial charge in [-0.2, -0.15) is 0 Å². The number of carboxylic acids is 1. The Hall–Kier alpha value is -2.44. The maximum atomic E-state index is 10.6. The maximum absolute atomic E-state index is 10.6. The van der Waals surface area contributed by atoms with Gasteiger partial charge in [-0.3, -0.25) is 0 Å². The molecule has 0 spiro atoms. The van der Waals surface area contributed by atoms with E-state index in [1.165, 1.54) is 12.4 Å². The third-order valence-electron chi connectivity index (χ3n) is 2.72. The first-order valence-electron chi connectivity index (χ1n) is 5.85. The molecule has 0 fully saturated rings. The molecule has 0 saturated carbocycles. The fourth-order valence-electron chi connectivity index (χ4n) is 1.65. The van der Waals surface area contributed by atoms with Gasteiger partial charge in [-0.15, -0.1) is 0 Å². The highest BCUT2D eigenvalue weighted by molar-refractivity contribution is 5.84. The average Bonchev–Trinajstić information content (AvgIpc) is 2.77. The normalized spacial score (nSPS) is 10.4. The van der Waals surface area contributed by atoms with Crippen LogP contribution in [0.3, 0.4) is 0 Å². The Morgan fingerprint density at radius 2 is 2.21 bits per heavy atom. The van der Waals surface area contributed by atoms with Crippen LogP contribution in [0.2, 0.25) is 0 Å². The van der Waals surface area contributed by atoms with Crippen molar-refractivity contribution >= 4 is 11.8 Å². The van der Waals surface area contributed by atoms with Crippen LogP contribution in [0.15, 0.2) is 16.9 Å². The SMILES string of the molecule is CCc1noc(C)c1CNc1cnc(C(=O)O)cn1. The summed E-state index contributed by atoms with van der Waals surface area (Å²) < 4.78 is 5.12. The Morgan fingerprint density at radius 3 is 2.79 bits per heavy atom. The van der Waals surface area contributed by atoms with Crippen molar-refractivity contribution < 1.29 is 14.4 Å². The minimum Gasteiger partial charge on any atom is -0.476 e. The van der Waals surface area contributed by atoms with Crippen molar-refractivity contribution in [2.45, 2.75) is 26.8 Å². The predicted octanol–water partition coefficient (Wildman–Crippen LogP) is 1.65. The number of aryl methyl sites for hydroxylation is 2. The van der Waals surface area contributed by atoms with Crippen molar-refractivity contribution in [2.75, 3.05) is 5.32 Å². The van der Waals surface area contributed by atoms with Gasteiger partial charge in [0.2, 0.25) is 0 Å². The smallest absolute Gasteiger partial charge is 0.356 e. The zero-order valence-electron chi connectivity index (χ0n) is 10.7. The molecule has 7 nitrogen and oxygen atoms in total. The van der Waals surface area contributed by atoms with Gasteiger partial charge in [-0.05, 0) is 13.3 Å². The topological polar surface area (TPSA) is 101 Å². The summed E-state index contributed by atoms with van der Waals surface area (Å²) >= 11 is 0. The van der Waals surface area contributed by atoms with Gasteiger partial charge in [0, 0.05) is 12.1 Å². The van der Waals surface area contributed by atoms with Crippen LogP contribution >= 0.6 is 0 Å². The van der Waals surface area contributed by atoms with Crippen LogP contribution in [0.4, 0.5) is 5.82 Å². The van der Waals surface area contributed by atoms with E-state index in [1.807, 2.05) is 13.8 Å². The van der Waals surface area contributed by atoms with Gasteiger partial charge >= 0.3 is 5.97 Å². The molecular weight excluding hydrogens is 248 g/mol. The van der Waals surface area contributed by atoms with Crippen LogP contribution in [0.1, 0.15) is 34.4 Å². The summed E-state index contributed by atoms with van der Waals surface area (Å²) in [6.07, 6.45) is 3.39. The van der Waals surface area contributed by atoms with E-state index in [1.54, 1.807) is 0 Å². The molecule has 7 heteroatoms. The third kappa shape index (κ3) is 2.87. The number of nitrogens with one attached hydrogen (secondary N) is 1. The van der Waals surface area contributed by atoms with Crippen LogP contribution in [0.25, 0.3) is 0 Å². The Morgan fingerprint density at radius 1 is 1.42 bits per heavy atom. The van der Waals surface area contributed by atoms with E-state index in [9.17, 15) is 4.79 Å². The van der Waals surface area contributed by atoms with Crippen molar-refractivity contribution in [3.63, 3.8) is 0 Å². The molecule has 0 bridgehead atoms. The lowest BCUT2D eigenvalue weighted by atomic mass is 10.1. The van der Waals surface area contributed by atoms with E-state index < -0.39 is 5.97 Å². The highest BCUT2D eigenvalue weighted by Gasteiger charge is 2.11. The number of rotatable bonds is 5. The predicted molar refractivity (Wildman–Crippen MR) is 66.9 cm³/mol. The van der Waals surface area contributed by atoms with Crippen molar-refractivity contribution in [3.05, 3.63) is 35.1 Å². The molecule has 2 aromatic rings. The van der Waals surface area contributed by atoms with Crippen molar-refractivity contribution in [1.82, 2.24) is 15.1 Å². The molecule has 2 N–H and O–H groups in total. The first-order valence-corrected chi connectivity index (χ1v) is 5.85.